The van der Waals surface area contributed by atoms with E-state index >= 15 is 0 Å². The molecule has 0 atom stereocenters. The molecule has 0 rings (SSSR count). The molecular weight excluding hydrogens is 381 g/mol. The molecule has 0 aliphatic rings. The van der Waals surface area contributed by atoms with Gasteiger partial charge in [-0.1, -0.05) is 0 Å². The number of hydrogen-bond donors (Lipinski definition) is 0. The normalized spacial score (nSPS) is 0. The fourth-order valence-corrected chi connectivity index (χ4v) is 0. The monoisotopic (exact) mass is 381 g/mol. The van der Waals surface area contributed by atoms with Gasteiger partial charge in [-0.3, -0.25) is 0 Å². The van der Waals surface area contributed by atoms with E-state index in [0.29, 0.717) is 0 Å². The second-order valence-electron chi connectivity index (χ2n) is 0. The summed E-state index contributed by atoms with van der Waals surface area (Å²) in [6, 6.07) is 0. The molecule has 0 heterocycles. The van der Waals surface area contributed by atoms with E-state index in [1.807, 2.05) is 0 Å². The van der Waals surface area contributed by atoms with Crippen LogP contribution in [0.3, 0.4) is 0 Å². The molecule has 10 valence electrons. The zero-order valence-corrected chi connectivity index (χ0v) is 11.1. The Kier molecular flexibility index (Phi) is 160. The Morgan fingerprint density at radius 1 is 1.00 bits per heavy atom. The zero-order valence-electron chi connectivity index (χ0n) is 2.06. The van der Waals surface area contributed by atoms with Crippen molar-refractivity contribution in [2.45, 2.75) is 0 Å². The van der Waals surface area contributed by atoms with Crippen LogP contribution in [-0.4, -0.2) is 27.3 Å². The maximum absolute atomic E-state index is 0. The van der Waals surface area contributed by atoms with E-state index in [1.165, 1.54) is 0 Å². The Balaban J connectivity index is 0. The van der Waals surface area contributed by atoms with Crippen LogP contribution in [0.1, 0.15) is 0 Å². The van der Waals surface area contributed by atoms with Crippen molar-refractivity contribution in [3.63, 3.8) is 0 Å². The van der Waals surface area contributed by atoms with Crippen LogP contribution < -0.4 is 0 Å². The maximum Gasteiger partial charge on any atom is 5.00 e. The summed E-state index contributed by atoms with van der Waals surface area (Å²) >= 11 is 0. The van der Waals surface area contributed by atoms with Gasteiger partial charge >= 0.3 is 69.2 Å². The Morgan fingerprint density at radius 3 is 1.00 bits per heavy atom. The third-order valence-electron chi connectivity index (χ3n) is 0. The smallest absolute Gasteiger partial charge is 2.00 e. The second kappa shape index (κ2) is 18.7. The van der Waals surface area contributed by atoms with E-state index in [1.54, 1.807) is 0 Å². The summed E-state index contributed by atoms with van der Waals surface area (Å²) < 4.78 is 0. The van der Waals surface area contributed by atoms with Gasteiger partial charge in [-0.15, -0.1) is 0 Å². The van der Waals surface area contributed by atoms with Crippen LogP contribution in [0, 0.1) is 0 Å². The van der Waals surface area contributed by atoms with E-state index < -0.39 is 0 Å². The Bertz CT molecular complexity index is 8.00. The van der Waals surface area contributed by atoms with Gasteiger partial charge in [0.2, 0.25) is 0 Å². The quantitative estimate of drug-likeness (QED) is 0.506. The molecule has 0 aromatic carbocycles. The van der Waals surface area contributed by atoms with Crippen molar-refractivity contribution in [2.75, 3.05) is 0 Å². The van der Waals surface area contributed by atoms with Crippen molar-refractivity contribution < 1.29 is 47.3 Å². The third kappa shape index (κ3) is 8.87. The molecule has 0 spiro atoms. The molecule has 0 saturated heterocycles. The van der Waals surface area contributed by atoms with Gasteiger partial charge < -0.3 is 5.48 Å². The molecule has 0 aromatic heterocycles. The summed E-state index contributed by atoms with van der Waals surface area (Å²) in [6.07, 6.45) is 0. The summed E-state index contributed by atoms with van der Waals surface area (Å²) in [5.41, 5.74) is 0. The van der Waals surface area contributed by atoms with E-state index in [-0.39, 0.29) is 74.6 Å². The third-order valence-corrected chi connectivity index (χ3v) is 0. The van der Waals surface area contributed by atoms with E-state index in [2.05, 4.69) is 0 Å². The van der Waals surface area contributed by atoms with Gasteiger partial charge in [0, 0.05) is 0 Å². The van der Waals surface area contributed by atoms with Crippen molar-refractivity contribution in [1.82, 2.24) is 0 Å². The topological polar surface area (TPSA) is 28.5 Å². The first-order valence-corrected chi connectivity index (χ1v) is 0. The van der Waals surface area contributed by atoms with Gasteiger partial charge in [0.15, 0.2) is 0 Å². The molecule has 0 bridgehead atoms. The van der Waals surface area contributed by atoms with Crippen molar-refractivity contribution in [3.05, 3.63) is 0 Å². The molecule has 4 heteroatoms. The van der Waals surface area contributed by atoms with Crippen LogP contribution >= 0.6 is 0 Å². The number of hydrogen-bond acceptors (Lipinski definition) is 0. The van der Waals surface area contributed by atoms with Gasteiger partial charge in [-0.2, -0.15) is 0 Å². The average Bonchev–Trinajstić information content (AvgIpc) is 0. The average molecular weight is 381 g/mol. The fourth-order valence-electron chi connectivity index (χ4n) is 0. The Labute approximate surface area is 73.6 Å². The fraction of sp³-hybridized carbons (Fsp3) is 0. The van der Waals surface area contributed by atoms with E-state index in [9.17, 15) is 0 Å². The summed E-state index contributed by atoms with van der Waals surface area (Å²) in [6.45, 7) is 0. The van der Waals surface area contributed by atoms with Gasteiger partial charge in [-0.05, 0) is 0 Å². The predicted octanol–water partition coefficient (Wildman–Crippen LogP) is -0.505. The molecular formula is NbOPbZn+7. The van der Waals surface area contributed by atoms with E-state index in [0.717, 1.165) is 0 Å². The Hall–Kier alpha value is 2.25. The van der Waals surface area contributed by atoms with Crippen LogP contribution in [0.15, 0.2) is 0 Å². The van der Waals surface area contributed by atoms with Gasteiger partial charge in [-0.25, -0.2) is 0 Å². The van der Waals surface area contributed by atoms with Crippen LogP contribution in [-0.2, 0) is 47.3 Å². The molecule has 0 aromatic rings. The molecule has 0 saturated carbocycles. The molecule has 0 aliphatic heterocycles. The largest absolute Gasteiger partial charge is 5.00 e. The van der Waals surface area contributed by atoms with Crippen LogP contribution in [0.2, 0.25) is 0 Å². The van der Waals surface area contributed by atoms with E-state index in [4.69, 9.17) is 0 Å². The minimum Gasteiger partial charge on any atom is -2.00 e. The summed E-state index contributed by atoms with van der Waals surface area (Å²) in [4.78, 5) is 0. The van der Waals surface area contributed by atoms with Gasteiger partial charge in [0.1, 0.15) is 0 Å². The molecule has 2 radical (unpaired) electrons. The summed E-state index contributed by atoms with van der Waals surface area (Å²) in [7, 11) is 0. The molecule has 0 unspecified atom stereocenters. The van der Waals surface area contributed by atoms with Crippen molar-refractivity contribution in [3.8, 4) is 0 Å². The molecule has 0 N–H and O–H groups in total. The first-order chi connectivity index (χ1) is 0. The standard InChI is InChI=1S/Nb.O.Pb.Zn/q+5;-2;2*+2. The van der Waals surface area contributed by atoms with Crippen LogP contribution in [0.25, 0.3) is 0 Å². The predicted molar refractivity (Wildman–Crippen MR) is 6.44 cm³/mol. The molecule has 0 fully saturated rings. The first kappa shape index (κ1) is 34.1. The Morgan fingerprint density at radius 2 is 1.00 bits per heavy atom. The minimum atomic E-state index is 0. The second-order valence-corrected chi connectivity index (χ2v) is 0. The van der Waals surface area contributed by atoms with Crippen LogP contribution in [0.5, 0.6) is 0 Å². The summed E-state index contributed by atoms with van der Waals surface area (Å²) in [5, 5.41) is 0. The zero-order chi connectivity index (χ0) is 0. The van der Waals surface area contributed by atoms with Crippen molar-refractivity contribution >= 4 is 27.3 Å². The van der Waals surface area contributed by atoms with Crippen LogP contribution in [0.4, 0.5) is 0 Å². The maximum atomic E-state index is 0. The molecule has 1 nitrogen and oxygen atoms in total. The number of rotatable bonds is 0. The van der Waals surface area contributed by atoms with Crippen molar-refractivity contribution in [1.29, 1.82) is 0 Å². The first-order valence-electron chi connectivity index (χ1n) is 0. The molecule has 0 aliphatic carbocycles. The van der Waals surface area contributed by atoms with Crippen molar-refractivity contribution in [2.24, 2.45) is 0 Å². The van der Waals surface area contributed by atoms with Gasteiger partial charge in [0.05, 0.1) is 0 Å². The van der Waals surface area contributed by atoms with Gasteiger partial charge in [0.25, 0.3) is 0 Å². The molecule has 4 heavy (non-hydrogen) atoms. The SMILES string of the molecule is [Nb+5].[O-2].[Pb+2].[Zn+2]. The minimum absolute atomic E-state index is 0. The summed E-state index contributed by atoms with van der Waals surface area (Å²) in [5.74, 6) is 0. The molecule has 0 amide bonds.